The molecule has 2 amide bonds. The number of anilines is 1. The number of urea groups is 1. The van der Waals surface area contributed by atoms with E-state index in [1.807, 2.05) is 13.0 Å². The van der Waals surface area contributed by atoms with Crippen molar-refractivity contribution in [3.8, 4) is 11.5 Å². The van der Waals surface area contributed by atoms with Gasteiger partial charge in [0, 0.05) is 18.7 Å². The first-order valence-electron chi connectivity index (χ1n) is 7.85. The van der Waals surface area contributed by atoms with Crippen molar-refractivity contribution in [3.63, 3.8) is 0 Å². The van der Waals surface area contributed by atoms with E-state index >= 15 is 0 Å². The normalized spacial score (nSPS) is 17.0. The van der Waals surface area contributed by atoms with Crippen molar-refractivity contribution in [2.75, 3.05) is 26.1 Å². The third-order valence-electron chi connectivity index (χ3n) is 4.15. The number of hydrogen-bond donors (Lipinski definition) is 1. The number of nitrogens with one attached hydrogen (secondary N) is 1. The molecule has 0 spiro atoms. The first-order chi connectivity index (χ1) is 11.6. The minimum atomic E-state index is -0.179. The number of carbonyl (C=O) groups is 1. The minimum Gasteiger partial charge on any atom is -0.497 e. The molecule has 0 saturated carbocycles. The van der Waals surface area contributed by atoms with E-state index in [1.54, 1.807) is 37.3 Å². The zero-order valence-corrected chi connectivity index (χ0v) is 14.0. The monoisotopic (exact) mass is 331 g/mol. The number of carbonyl (C=O) groups excluding carboxylic acids is 1. The van der Waals surface area contributed by atoms with Gasteiger partial charge in [-0.15, -0.1) is 0 Å². The molecule has 0 aliphatic carbocycles. The molecule has 1 fully saturated rings. The van der Waals surface area contributed by atoms with Gasteiger partial charge in [-0.3, -0.25) is 0 Å². The molecule has 2 aromatic rings. The van der Waals surface area contributed by atoms with E-state index in [9.17, 15) is 4.79 Å². The number of likely N-dealkylation sites (tertiary alicyclic amines) is 1. The van der Waals surface area contributed by atoms with Gasteiger partial charge in [0.15, 0.2) is 0 Å². The Kier molecular flexibility index (Phi) is 4.59. The predicted molar refractivity (Wildman–Crippen MR) is 88.5 cm³/mol. The van der Waals surface area contributed by atoms with Gasteiger partial charge in [0.25, 0.3) is 0 Å². The standard InChI is InChI=1S/C17H21N3O4/c1-11-9-14(19-24-11)15-5-4-8-20(15)17(21)18-13-7-6-12(22-2)10-16(13)23-3/h6-7,9-10,15H,4-5,8H2,1-3H3,(H,18,21)/t15-/m0/s1. The molecule has 1 aliphatic heterocycles. The molecule has 0 bridgehead atoms. The Morgan fingerprint density at radius 2 is 2.17 bits per heavy atom. The van der Waals surface area contributed by atoms with Crippen LogP contribution in [0, 0.1) is 6.92 Å². The molecule has 1 atom stereocenters. The smallest absolute Gasteiger partial charge is 0.322 e. The summed E-state index contributed by atoms with van der Waals surface area (Å²) < 4.78 is 15.6. The number of aromatic nitrogens is 1. The summed E-state index contributed by atoms with van der Waals surface area (Å²) in [6, 6.07) is 6.91. The maximum absolute atomic E-state index is 12.7. The van der Waals surface area contributed by atoms with Crippen LogP contribution in [0.5, 0.6) is 11.5 Å². The van der Waals surface area contributed by atoms with Gasteiger partial charge in [0.05, 0.1) is 25.9 Å². The lowest BCUT2D eigenvalue weighted by Gasteiger charge is -2.24. The lowest BCUT2D eigenvalue weighted by atomic mass is 10.1. The lowest BCUT2D eigenvalue weighted by Crippen LogP contribution is -2.34. The molecule has 2 heterocycles. The van der Waals surface area contributed by atoms with Crippen LogP contribution >= 0.6 is 0 Å². The second-order valence-corrected chi connectivity index (χ2v) is 5.71. The summed E-state index contributed by atoms with van der Waals surface area (Å²) >= 11 is 0. The van der Waals surface area contributed by atoms with E-state index in [2.05, 4.69) is 10.5 Å². The Morgan fingerprint density at radius 3 is 2.83 bits per heavy atom. The summed E-state index contributed by atoms with van der Waals surface area (Å²) in [5.41, 5.74) is 1.40. The fourth-order valence-corrected chi connectivity index (χ4v) is 2.95. The van der Waals surface area contributed by atoms with Crippen molar-refractivity contribution >= 4 is 11.7 Å². The van der Waals surface area contributed by atoms with Crippen molar-refractivity contribution < 1.29 is 18.8 Å². The van der Waals surface area contributed by atoms with Crippen LogP contribution in [0.15, 0.2) is 28.8 Å². The largest absolute Gasteiger partial charge is 0.497 e. The summed E-state index contributed by atoms with van der Waals surface area (Å²) in [7, 11) is 3.14. The van der Waals surface area contributed by atoms with Gasteiger partial charge in [-0.2, -0.15) is 0 Å². The SMILES string of the molecule is COc1ccc(NC(=O)N2CCC[C@H]2c2cc(C)on2)c(OC)c1. The maximum atomic E-state index is 12.7. The predicted octanol–water partition coefficient (Wildman–Crippen LogP) is 3.37. The number of aryl methyl sites for hydroxylation is 1. The van der Waals surface area contributed by atoms with Crippen LogP contribution in [0.2, 0.25) is 0 Å². The number of nitrogens with zero attached hydrogens (tertiary/aromatic N) is 2. The van der Waals surface area contributed by atoms with E-state index in [0.717, 1.165) is 24.3 Å². The topological polar surface area (TPSA) is 76.8 Å². The Morgan fingerprint density at radius 1 is 1.33 bits per heavy atom. The van der Waals surface area contributed by atoms with Crippen molar-refractivity contribution in [1.29, 1.82) is 0 Å². The van der Waals surface area contributed by atoms with Gasteiger partial charge in [-0.05, 0) is 31.9 Å². The molecule has 0 unspecified atom stereocenters. The van der Waals surface area contributed by atoms with Gasteiger partial charge < -0.3 is 24.2 Å². The number of ether oxygens (including phenoxy) is 2. The van der Waals surface area contributed by atoms with Crippen LogP contribution in [0.3, 0.4) is 0 Å². The van der Waals surface area contributed by atoms with Crippen LogP contribution in [-0.2, 0) is 0 Å². The molecular weight excluding hydrogens is 310 g/mol. The number of hydrogen-bond acceptors (Lipinski definition) is 5. The highest BCUT2D eigenvalue weighted by molar-refractivity contribution is 5.91. The van der Waals surface area contributed by atoms with Crippen LogP contribution in [0.25, 0.3) is 0 Å². The summed E-state index contributed by atoms with van der Waals surface area (Å²) in [5.74, 6) is 1.96. The fourth-order valence-electron chi connectivity index (χ4n) is 2.95. The van der Waals surface area contributed by atoms with Crippen LogP contribution in [0.4, 0.5) is 10.5 Å². The first kappa shape index (κ1) is 16.2. The summed E-state index contributed by atoms with van der Waals surface area (Å²) in [6.45, 7) is 2.53. The summed E-state index contributed by atoms with van der Waals surface area (Å²) in [5, 5.41) is 6.97. The molecular formula is C17H21N3O4. The second kappa shape index (κ2) is 6.82. The number of amides is 2. The average molecular weight is 331 g/mol. The molecule has 24 heavy (non-hydrogen) atoms. The highest BCUT2D eigenvalue weighted by Crippen LogP contribution is 2.34. The van der Waals surface area contributed by atoms with Crippen molar-refractivity contribution in [1.82, 2.24) is 10.1 Å². The van der Waals surface area contributed by atoms with Gasteiger partial charge in [-0.1, -0.05) is 5.16 Å². The molecule has 7 nitrogen and oxygen atoms in total. The zero-order valence-electron chi connectivity index (χ0n) is 14.0. The average Bonchev–Trinajstić information content (AvgIpc) is 3.23. The van der Waals surface area contributed by atoms with Gasteiger partial charge in [0.2, 0.25) is 0 Å². The van der Waals surface area contributed by atoms with Crippen LogP contribution in [0.1, 0.15) is 30.3 Å². The van der Waals surface area contributed by atoms with Crippen molar-refractivity contribution in [2.24, 2.45) is 0 Å². The third-order valence-corrected chi connectivity index (χ3v) is 4.15. The van der Waals surface area contributed by atoms with E-state index < -0.39 is 0 Å². The van der Waals surface area contributed by atoms with Crippen LogP contribution < -0.4 is 14.8 Å². The molecule has 7 heteroatoms. The summed E-state index contributed by atoms with van der Waals surface area (Å²) in [6.07, 6.45) is 1.81. The Labute approximate surface area is 140 Å². The van der Waals surface area contributed by atoms with E-state index in [1.165, 1.54) is 0 Å². The minimum absolute atomic E-state index is 0.0632. The van der Waals surface area contributed by atoms with Crippen molar-refractivity contribution in [3.05, 3.63) is 35.7 Å². The van der Waals surface area contributed by atoms with E-state index in [4.69, 9.17) is 14.0 Å². The van der Waals surface area contributed by atoms with E-state index in [-0.39, 0.29) is 12.1 Å². The Hall–Kier alpha value is -2.70. The highest BCUT2D eigenvalue weighted by Gasteiger charge is 2.32. The Bertz CT molecular complexity index is 728. The molecule has 128 valence electrons. The zero-order chi connectivity index (χ0) is 17.1. The molecule has 1 aromatic heterocycles. The molecule has 1 saturated heterocycles. The quantitative estimate of drug-likeness (QED) is 0.929. The third kappa shape index (κ3) is 3.15. The number of rotatable bonds is 4. The molecule has 1 aromatic carbocycles. The van der Waals surface area contributed by atoms with Crippen LogP contribution in [-0.4, -0.2) is 36.9 Å². The van der Waals surface area contributed by atoms with Gasteiger partial charge in [0.1, 0.15) is 23.0 Å². The Balaban J connectivity index is 1.77. The van der Waals surface area contributed by atoms with E-state index in [0.29, 0.717) is 23.7 Å². The molecule has 3 rings (SSSR count). The lowest BCUT2D eigenvalue weighted by molar-refractivity contribution is 0.204. The first-order valence-corrected chi connectivity index (χ1v) is 7.85. The van der Waals surface area contributed by atoms with Gasteiger partial charge in [-0.25, -0.2) is 4.79 Å². The molecule has 1 N–H and O–H groups in total. The van der Waals surface area contributed by atoms with Crippen molar-refractivity contribution in [2.45, 2.75) is 25.8 Å². The maximum Gasteiger partial charge on any atom is 0.322 e. The highest BCUT2D eigenvalue weighted by atomic mass is 16.5. The summed E-state index contributed by atoms with van der Waals surface area (Å²) in [4.78, 5) is 14.5. The molecule has 1 aliphatic rings. The second-order valence-electron chi connectivity index (χ2n) is 5.71. The number of methoxy groups -OCH3 is 2. The van der Waals surface area contributed by atoms with Gasteiger partial charge >= 0.3 is 6.03 Å². The fraction of sp³-hybridized carbons (Fsp3) is 0.412. The molecule has 0 radical (unpaired) electrons. The number of benzene rings is 1.